The van der Waals surface area contributed by atoms with Crippen LogP contribution in [0.5, 0.6) is 0 Å². The molecule has 4 rings (SSSR count). The Bertz CT molecular complexity index is 1350. The summed E-state index contributed by atoms with van der Waals surface area (Å²) in [5.41, 5.74) is -5.00. The Morgan fingerprint density at radius 3 is 2.46 bits per heavy atom. The highest BCUT2D eigenvalue weighted by Gasteiger charge is 2.60. The van der Waals surface area contributed by atoms with Gasteiger partial charge >= 0.3 is 6.18 Å². The van der Waals surface area contributed by atoms with Crippen molar-refractivity contribution in [2.75, 3.05) is 16.3 Å². The van der Waals surface area contributed by atoms with E-state index in [1.54, 1.807) is 0 Å². The molecule has 0 atom stereocenters. The second-order valence-electron chi connectivity index (χ2n) is 9.50. The lowest BCUT2D eigenvalue weighted by molar-refractivity contribution is -0.138. The van der Waals surface area contributed by atoms with E-state index in [9.17, 15) is 27.9 Å². The Hall–Kier alpha value is -3.63. The number of anilines is 2. The maximum Gasteiger partial charge on any atom is 0.419 e. The first-order valence-corrected chi connectivity index (χ1v) is 11.6. The van der Waals surface area contributed by atoms with Crippen molar-refractivity contribution < 1.29 is 32.3 Å². The van der Waals surface area contributed by atoms with E-state index < -0.39 is 46.2 Å². The third-order valence-corrected chi connectivity index (χ3v) is 6.64. The summed E-state index contributed by atoms with van der Waals surface area (Å²) in [6.07, 6.45) is -2.64. The van der Waals surface area contributed by atoms with E-state index in [1.807, 2.05) is 0 Å². The summed E-state index contributed by atoms with van der Waals surface area (Å²) in [7, 11) is 0. The molecular formula is C24H21F4N5O3S. The summed E-state index contributed by atoms with van der Waals surface area (Å²) in [6, 6.07) is 5.65. The smallest absolute Gasteiger partial charge is 0.389 e. The predicted octanol–water partition coefficient (Wildman–Crippen LogP) is 3.67. The standard InChI is InChI=1S/C24H21F4N5O3S/c1-22(2,36)12-31-19(34)15-5-4-13(9-17(15)25)33-21(37)32(20(35)23(33)6-3-7-23)14-8-16(24(26,27)28)18(10-29)30-11-14/h4-5,8-9,11,36H,3,6-7,12H2,1-2H3,(H,31,34). The number of amides is 2. The number of benzene rings is 1. The number of alkyl halides is 3. The van der Waals surface area contributed by atoms with Gasteiger partial charge < -0.3 is 15.3 Å². The molecule has 2 N–H and O–H groups in total. The van der Waals surface area contributed by atoms with Crippen LogP contribution in [0.25, 0.3) is 0 Å². The number of halogens is 4. The van der Waals surface area contributed by atoms with Gasteiger partial charge in [-0.05, 0) is 69.6 Å². The van der Waals surface area contributed by atoms with Gasteiger partial charge in [0.1, 0.15) is 17.4 Å². The largest absolute Gasteiger partial charge is 0.419 e. The first kappa shape index (κ1) is 26.4. The molecule has 13 heteroatoms. The van der Waals surface area contributed by atoms with E-state index in [0.717, 1.165) is 17.2 Å². The van der Waals surface area contributed by atoms with Crippen molar-refractivity contribution in [1.29, 1.82) is 5.26 Å². The molecule has 1 spiro atoms. The highest BCUT2D eigenvalue weighted by atomic mass is 32.1. The zero-order valence-corrected chi connectivity index (χ0v) is 20.5. The van der Waals surface area contributed by atoms with Crippen molar-refractivity contribution in [3.05, 3.63) is 53.1 Å². The Balaban J connectivity index is 1.71. The Kier molecular flexibility index (Phi) is 6.46. The van der Waals surface area contributed by atoms with E-state index in [4.69, 9.17) is 17.5 Å². The highest BCUT2D eigenvalue weighted by molar-refractivity contribution is 7.81. The van der Waals surface area contributed by atoms with Crippen LogP contribution < -0.4 is 15.1 Å². The molecule has 1 aliphatic carbocycles. The van der Waals surface area contributed by atoms with E-state index in [-0.39, 0.29) is 28.6 Å². The third kappa shape index (κ3) is 4.62. The first-order valence-electron chi connectivity index (χ1n) is 11.2. The first-order chi connectivity index (χ1) is 17.2. The molecule has 2 heterocycles. The van der Waals surface area contributed by atoms with Gasteiger partial charge in [-0.1, -0.05) is 0 Å². The Labute approximate surface area is 214 Å². The zero-order valence-electron chi connectivity index (χ0n) is 19.7. The molecule has 1 saturated carbocycles. The molecule has 1 aromatic heterocycles. The number of pyridine rings is 1. The van der Waals surface area contributed by atoms with Crippen LogP contribution in [-0.2, 0) is 11.0 Å². The predicted molar refractivity (Wildman–Crippen MR) is 128 cm³/mol. The number of carbonyl (C=O) groups excluding carboxylic acids is 2. The Morgan fingerprint density at radius 1 is 1.27 bits per heavy atom. The van der Waals surface area contributed by atoms with Crippen molar-refractivity contribution >= 4 is 40.5 Å². The number of aromatic nitrogens is 1. The van der Waals surface area contributed by atoms with Gasteiger partial charge in [-0.15, -0.1) is 0 Å². The molecule has 0 unspecified atom stereocenters. The quantitative estimate of drug-likeness (QED) is 0.444. The molecule has 1 saturated heterocycles. The summed E-state index contributed by atoms with van der Waals surface area (Å²) >= 11 is 5.49. The van der Waals surface area contributed by atoms with Gasteiger partial charge in [0.05, 0.1) is 28.6 Å². The van der Waals surface area contributed by atoms with Crippen LogP contribution in [0.1, 0.15) is 54.7 Å². The molecule has 37 heavy (non-hydrogen) atoms. The number of hydrogen-bond donors (Lipinski definition) is 2. The maximum absolute atomic E-state index is 15.0. The van der Waals surface area contributed by atoms with Gasteiger partial charge in [-0.3, -0.25) is 14.5 Å². The normalized spacial score (nSPS) is 17.1. The van der Waals surface area contributed by atoms with Gasteiger partial charge in [0.25, 0.3) is 11.8 Å². The second-order valence-corrected chi connectivity index (χ2v) is 9.87. The van der Waals surface area contributed by atoms with Crippen LogP contribution in [0.15, 0.2) is 30.5 Å². The SMILES string of the molecule is CC(C)(O)CNC(=O)c1ccc(N2C(=S)N(c3cnc(C#N)c(C(F)(F)F)c3)C(=O)C23CCC3)cc1F. The summed E-state index contributed by atoms with van der Waals surface area (Å²) in [6.45, 7) is 2.83. The number of nitriles is 1. The Morgan fingerprint density at radius 2 is 1.95 bits per heavy atom. The van der Waals surface area contributed by atoms with Gasteiger partial charge in [-0.25, -0.2) is 9.37 Å². The molecule has 0 radical (unpaired) electrons. The van der Waals surface area contributed by atoms with Crippen LogP contribution in [0.2, 0.25) is 0 Å². The molecule has 2 amide bonds. The number of rotatable bonds is 5. The van der Waals surface area contributed by atoms with Crippen molar-refractivity contribution in [1.82, 2.24) is 10.3 Å². The van der Waals surface area contributed by atoms with Crippen molar-refractivity contribution in [3.8, 4) is 6.07 Å². The molecule has 1 aliphatic heterocycles. The number of nitrogens with zero attached hydrogens (tertiary/aromatic N) is 4. The fourth-order valence-corrected chi connectivity index (χ4v) is 4.78. The van der Waals surface area contributed by atoms with Crippen LogP contribution in [0.3, 0.4) is 0 Å². The average Bonchev–Trinajstić information content (AvgIpc) is 3.02. The van der Waals surface area contributed by atoms with E-state index in [0.29, 0.717) is 25.3 Å². The molecule has 1 aromatic carbocycles. The molecule has 0 bridgehead atoms. The maximum atomic E-state index is 15.0. The number of hydrogen-bond acceptors (Lipinski definition) is 6. The fraction of sp³-hybridized carbons (Fsp3) is 0.375. The number of nitrogens with one attached hydrogen (secondary N) is 1. The molecule has 2 aliphatic rings. The molecule has 8 nitrogen and oxygen atoms in total. The number of thiocarbonyl (C=S) groups is 1. The van der Waals surface area contributed by atoms with E-state index in [2.05, 4.69) is 10.3 Å². The minimum atomic E-state index is -4.89. The van der Waals surface area contributed by atoms with Crippen molar-refractivity contribution in [3.63, 3.8) is 0 Å². The van der Waals surface area contributed by atoms with Crippen molar-refractivity contribution in [2.24, 2.45) is 0 Å². The molecule has 2 aromatic rings. The van der Waals surface area contributed by atoms with Crippen LogP contribution >= 0.6 is 12.2 Å². The summed E-state index contributed by atoms with van der Waals surface area (Å²) in [5.74, 6) is -2.25. The highest BCUT2D eigenvalue weighted by Crippen LogP contribution is 2.48. The lowest BCUT2D eigenvalue weighted by Crippen LogP contribution is -2.55. The van der Waals surface area contributed by atoms with E-state index in [1.165, 1.54) is 36.9 Å². The van der Waals surface area contributed by atoms with Gasteiger partial charge in [-0.2, -0.15) is 18.4 Å². The van der Waals surface area contributed by atoms with Gasteiger partial charge in [0, 0.05) is 12.2 Å². The zero-order chi connectivity index (χ0) is 27.3. The van der Waals surface area contributed by atoms with Crippen LogP contribution in [0, 0.1) is 17.1 Å². The number of aliphatic hydroxyl groups is 1. The van der Waals surface area contributed by atoms with Crippen LogP contribution in [0.4, 0.5) is 28.9 Å². The molecular weight excluding hydrogens is 514 g/mol. The van der Waals surface area contributed by atoms with Crippen molar-refractivity contribution in [2.45, 2.75) is 50.4 Å². The average molecular weight is 536 g/mol. The third-order valence-electron chi connectivity index (χ3n) is 6.27. The van der Waals surface area contributed by atoms with E-state index >= 15 is 4.39 Å². The summed E-state index contributed by atoms with van der Waals surface area (Å²) in [5, 5.41) is 21.0. The number of carbonyl (C=O) groups is 2. The summed E-state index contributed by atoms with van der Waals surface area (Å²) < 4.78 is 55.5. The van der Waals surface area contributed by atoms with Gasteiger partial charge in [0.15, 0.2) is 10.8 Å². The minimum Gasteiger partial charge on any atom is -0.389 e. The lowest BCUT2D eigenvalue weighted by Gasteiger charge is -2.43. The van der Waals surface area contributed by atoms with Gasteiger partial charge in [0.2, 0.25) is 0 Å². The fourth-order valence-electron chi connectivity index (χ4n) is 4.31. The molecule has 194 valence electrons. The second kappa shape index (κ2) is 9.04. The minimum absolute atomic E-state index is 0.117. The summed E-state index contributed by atoms with van der Waals surface area (Å²) in [4.78, 5) is 31.7. The molecule has 2 fully saturated rings. The monoisotopic (exact) mass is 535 g/mol. The topological polar surface area (TPSA) is 110 Å². The van der Waals surface area contributed by atoms with Crippen LogP contribution in [-0.4, -0.2) is 44.7 Å². The lowest BCUT2D eigenvalue weighted by atomic mass is 9.75.